The van der Waals surface area contributed by atoms with Crippen molar-refractivity contribution in [3.05, 3.63) is 23.8 Å². The van der Waals surface area contributed by atoms with E-state index in [4.69, 9.17) is 19.3 Å². The highest BCUT2D eigenvalue weighted by atomic mass is 16.5. The van der Waals surface area contributed by atoms with Crippen LogP contribution in [-0.2, 0) is 20.7 Å². The van der Waals surface area contributed by atoms with Crippen molar-refractivity contribution in [1.82, 2.24) is 9.80 Å². The summed E-state index contributed by atoms with van der Waals surface area (Å²) >= 11 is 0. The molecule has 1 aromatic rings. The van der Waals surface area contributed by atoms with E-state index in [1.807, 2.05) is 18.2 Å². The number of ether oxygens (including phenoxy) is 3. The van der Waals surface area contributed by atoms with Gasteiger partial charge in [-0.1, -0.05) is 12.1 Å². The highest BCUT2D eigenvalue weighted by Gasteiger charge is 2.34. The molecule has 1 unspecified atom stereocenters. The number of carbonyl (C=O) groups is 2. The highest BCUT2D eigenvalue weighted by molar-refractivity contribution is 5.86. The number of benzene rings is 1. The Kier molecular flexibility index (Phi) is 7.11. The van der Waals surface area contributed by atoms with E-state index in [9.17, 15) is 9.59 Å². The predicted molar refractivity (Wildman–Crippen MR) is 102 cm³/mol. The summed E-state index contributed by atoms with van der Waals surface area (Å²) in [5, 5.41) is 9.12. The molecule has 8 nitrogen and oxygen atoms in total. The number of nitrogens with zero attached hydrogens (tertiary/aromatic N) is 2. The van der Waals surface area contributed by atoms with E-state index < -0.39 is 11.9 Å². The van der Waals surface area contributed by atoms with Crippen molar-refractivity contribution in [2.45, 2.75) is 12.8 Å². The molecule has 1 atom stereocenters. The van der Waals surface area contributed by atoms with Crippen LogP contribution in [0.15, 0.2) is 18.2 Å². The van der Waals surface area contributed by atoms with Crippen molar-refractivity contribution in [2.24, 2.45) is 5.92 Å². The molecule has 1 N–H and O–H groups in total. The van der Waals surface area contributed by atoms with Crippen LogP contribution < -0.4 is 9.47 Å². The second kappa shape index (κ2) is 9.75. The smallest absolute Gasteiger partial charge is 0.308 e. The highest BCUT2D eigenvalue weighted by Crippen LogP contribution is 2.32. The summed E-state index contributed by atoms with van der Waals surface area (Å²) in [4.78, 5) is 27.1. The maximum atomic E-state index is 12.1. The summed E-state index contributed by atoms with van der Waals surface area (Å²) in [6.45, 7) is 5.40. The monoisotopic (exact) mass is 392 g/mol. The quantitative estimate of drug-likeness (QED) is 0.667. The second-order valence-corrected chi connectivity index (χ2v) is 7.08. The number of morpholine rings is 1. The van der Waals surface area contributed by atoms with Crippen molar-refractivity contribution in [2.75, 3.05) is 59.7 Å². The molecule has 0 aliphatic carbocycles. The third-order valence-corrected chi connectivity index (χ3v) is 5.25. The van der Waals surface area contributed by atoms with Crippen LogP contribution >= 0.6 is 0 Å². The van der Waals surface area contributed by atoms with Crippen LogP contribution in [0, 0.1) is 5.92 Å². The minimum Gasteiger partial charge on any atom is -0.493 e. The van der Waals surface area contributed by atoms with Gasteiger partial charge in [-0.15, -0.1) is 0 Å². The molecule has 0 radical (unpaired) electrons. The molecule has 0 saturated carbocycles. The van der Waals surface area contributed by atoms with E-state index in [0.29, 0.717) is 31.1 Å². The molecule has 2 heterocycles. The van der Waals surface area contributed by atoms with Crippen LogP contribution in [0.1, 0.15) is 12.0 Å². The lowest BCUT2D eigenvalue weighted by molar-refractivity contribution is -0.141. The van der Waals surface area contributed by atoms with E-state index in [2.05, 4.69) is 4.90 Å². The van der Waals surface area contributed by atoms with Gasteiger partial charge >= 0.3 is 5.97 Å². The average molecular weight is 392 g/mol. The molecule has 0 spiro atoms. The van der Waals surface area contributed by atoms with Crippen LogP contribution in [-0.4, -0.2) is 86.4 Å². The maximum Gasteiger partial charge on any atom is 0.308 e. The normalized spacial score (nSPS) is 20.4. The molecule has 2 fully saturated rings. The standard InChI is InChI=1S/C20H28N2O6/c1-26-17-4-2-3-15(5-6-22-14-16(20(24)25)13-18(22)23)19(17)28-12-9-21-7-10-27-11-8-21/h2-4,16H,5-14H2,1H3,(H,24,25). The predicted octanol–water partition coefficient (Wildman–Crippen LogP) is 0.882. The first-order valence-electron chi connectivity index (χ1n) is 9.68. The van der Waals surface area contributed by atoms with E-state index >= 15 is 0 Å². The number of hydrogen-bond acceptors (Lipinski definition) is 6. The summed E-state index contributed by atoms with van der Waals surface area (Å²) in [7, 11) is 1.61. The van der Waals surface area contributed by atoms with E-state index in [-0.39, 0.29) is 18.9 Å². The van der Waals surface area contributed by atoms with Gasteiger partial charge in [-0.05, 0) is 18.1 Å². The van der Waals surface area contributed by atoms with Gasteiger partial charge in [-0.2, -0.15) is 0 Å². The molecular weight excluding hydrogens is 364 g/mol. The molecule has 0 bridgehead atoms. The molecule has 2 aliphatic rings. The molecule has 8 heteroatoms. The number of hydrogen-bond donors (Lipinski definition) is 1. The summed E-state index contributed by atoms with van der Waals surface area (Å²) in [6.07, 6.45) is 0.665. The fourth-order valence-electron chi connectivity index (χ4n) is 3.59. The fourth-order valence-corrected chi connectivity index (χ4v) is 3.59. The van der Waals surface area contributed by atoms with Crippen molar-refractivity contribution in [3.63, 3.8) is 0 Å². The minimum atomic E-state index is -0.913. The Morgan fingerprint density at radius 1 is 1.29 bits per heavy atom. The molecule has 0 aromatic heterocycles. The van der Waals surface area contributed by atoms with Gasteiger partial charge in [0.1, 0.15) is 6.61 Å². The third kappa shape index (κ3) is 5.14. The lowest BCUT2D eigenvalue weighted by Crippen LogP contribution is -2.38. The van der Waals surface area contributed by atoms with Crippen LogP contribution in [0.4, 0.5) is 0 Å². The Morgan fingerprint density at radius 2 is 2.07 bits per heavy atom. The SMILES string of the molecule is COc1cccc(CCN2CC(C(=O)O)CC2=O)c1OCCN1CCOCC1. The zero-order valence-corrected chi connectivity index (χ0v) is 16.3. The summed E-state index contributed by atoms with van der Waals surface area (Å²) < 4.78 is 16.9. The number of aliphatic carboxylic acids is 1. The van der Waals surface area contributed by atoms with Gasteiger partial charge in [0.2, 0.25) is 5.91 Å². The molecule has 154 valence electrons. The van der Waals surface area contributed by atoms with Gasteiger partial charge in [-0.3, -0.25) is 14.5 Å². The number of carbonyl (C=O) groups excluding carboxylic acids is 1. The number of rotatable bonds is 9. The lowest BCUT2D eigenvalue weighted by Gasteiger charge is -2.26. The van der Waals surface area contributed by atoms with Crippen molar-refractivity contribution >= 4 is 11.9 Å². The number of para-hydroxylation sites is 1. The second-order valence-electron chi connectivity index (χ2n) is 7.08. The number of carboxylic acids is 1. The molecule has 28 heavy (non-hydrogen) atoms. The first-order chi connectivity index (χ1) is 13.6. The number of amides is 1. The van der Waals surface area contributed by atoms with Gasteiger partial charge in [0.05, 0.1) is 26.2 Å². The first kappa shape index (κ1) is 20.4. The lowest BCUT2D eigenvalue weighted by atomic mass is 10.1. The summed E-state index contributed by atoms with van der Waals surface area (Å²) in [6, 6.07) is 5.71. The Morgan fingerprint density at radius 3 is 2.75 bits per heavy atom. The Balaban J connectivity index is 1.59. The number of methoxy groups -OCH3 is 1. The molecule has 1 aromatic carbocycles. The van der Waals surface area contributed by atoms with Crippen LogP contribution in [0.3, 0.4) is 0 Å². The van der Waals surface area contributed by atoms with Crippen molar-refractivity contribution in [3.8, 4) is 11.5 Å². The van der Waals surface area contributed by atoms with Crippen molar-refractivity contribution in [1.29, 1.82) is 0 Å². The summed E-state index contributed by atoms with van der Waals surface area (Å²) in [5.74, 6) is -0.271. The molecule has 3 rings (SSSR count). The zero-order chi connectivity index (χ0) is 19.9. The topological polar surface area (TPSA) is 88.5 Å². The minimum absolute atomic E-state index is 0.0797. The van der Waals surface area contributed by atoms with Gasteiger partial charge in [-0.25, -0.2) is 0 Å². The Hall–Kier alpha value is -2.32. The Labute approximate surface area is 165 Å². The van der Waals surface area contributed by atoms with E-state index in [1.54, 1.807) is 12.0 Å². The molecule has 2 aliphatic heterocycles. The van der Waals surface area contributed by atoms with Crippen LogP contribution in [0.2, 0.25) is 0 Å². The van der Waals surface area contributed by atoms with Gasteiger partial charge in [0.25, 0.3) is 0 Å². The largest absolute Gasteiger partial charge is 0.493 e. The first-order valence-corrected chi connectivity index (χ1v) is 9.68. The van der Waals surface area contributed by atoms with Gasteiger partial charge < -0.3 is 24.2 Å². The average Bonchev–Trinajstić information content (AvgIpc) is 3.08. The molecular formula is C20H28N2O6. The molecule has 2 saturated heterocycles. The van der Waals surface area contributed by atoms with E-state index in [1.165, 1.54) is 0 Å². The van der Waals surface area contributed by atoms with Gasteiger partial charge in [0, 0.05) is 39.1 Å². The summed E-state index contributed by atoms with van der Waals surface area (Å²) in [5.41, 5.74) is 0.952. The Bertz CT molecular complexity index is 689. The zero-order valence-electron chi connectivity index (χ0n) is 16.3. The van der Waals surface area contributed by atoms with Gasteiger partial charge in [0.15, 0.2) is 11.5 Å². The van der Waals surface area contributed by atoms with Crippen LogP contribution in [0.25, 0.3) is 0 Å². The number of likely N-dealkylation sites (tertiary alicyclic amines) is 1. The van der Waals surface area contributed by atoms with Crippen LogP contribution in [0.5, 0.6) is 11.5 Å². The maximum absolute atomic E-state index is 12.1. The van der Waals surface area contributed by atoms with E-state index in [0.717, 1.165) is 38.4 Å². The molecule has 1 amide bonds. The fraction of sp³-hybridized carbons (Fsp3) is 0.600. The third-order valence-electron chi connectivity index (χ3n) is 5.25. The number of carboxylic acid groups (broad SMARTS) is 1. The van der Waals surface area contributed by atoms with Crippen molar-refractivity contribution < 1.29 is 28.9 Å².